The van der Waals surface area contributed by atoms with Gasteiger partial charge in [0.1, 0.15) is 5.56 Å². The summed E-state index contributed by atoms with van der Waals surface area (Å²) in [5, 5.41) is 13.4. The molecule has 1 saturated heterocycles. The molecule has 0 aromatic carbocycles. The van der Waals surface area contributed by atoms with Gasteiger partial charge in [0.15, 0.2) is 5.82 Å². The van der Waals surface area contributed by atoms with Gasteiger partial charge in [0.25, 0.3) is 0 Å². The fourth-order valence-corrected chi connectivity index (χ4v) is 2.43. The zero-order valence-electron chi connectivity index (χ0n) is 12.3. The molecule has 2 aromatic heterocycles. The lowest BCUT2D eigenvalue weighted by Gasteiger charge is -2.10. The predicted molar refractivity (Wildman–Crippen MR) is 81.0 cm³/mol. The number of nitrogens with zero attached hydrogens (tertiary/aromatic N) is 5. The Hall–Kier alpha value is -2.70. The molecule has 22 heavy (non-hydrogen) atoms. The molecule has 114 valence electrons. The third kappa shape index (κ3) is 2.98. The first-order valence-corrected chi connectivity index (χ1v) is 7.15. The average Bonchev–Trinajstić information content (AvgIpc) is 3.16. The molecule has 1 aliphatic heterocycles. The minimum Gasteiger partial charge on any atom is -0.478 e. The number of rotatable bonds is 4. The molecule has 7 heteroatoms. The minimum atomic E-state index is -1.03. The zero-order valence-corrected chi connectivity index (χ0v) is 12.3. The molecule has 0 amide bonds. The summed E-state index contributed by atoms with van der Waals surface area (Å²) in [7, 11) is 1.81. The standard InChI is InChI=1S/C15H17N5O2/c1-19-10-11(8-17-19)14-16-9-12(15(21)22)13(18-14)4-7-20-5-2-3-6-20/h4,7-10H,2-3,5-6H2,1H3,(H,21,22)/b7-4+. The molecule has 0 atom stereocenters. The largest absolute Gasteiger partial charge is 0.478 e. The van der Waals surface area contributed by atoms with E-state index in [1.807, 2.05) is 13.2 Å². The Morgan fingerprint density at radius 2 is 2.09 bits per heavy atom. The van der Waals surface area contributed by atoms with E-state index in [2.05, 4.69) is 20.0 Å². The van der Waals surface area contributed by atoms with E-state index in [1.54, 1.807) is 23.2 Å². The van der Waals surface area contributed by atoms with Crippen molar-refractivity contribution in [1.82, 2.24) is 24.6 Å². The predicted octanol–water partition coefficient (Wildman–Crippen LogP) is 1.64. The Morgan fingerprint density at radius 1 is 1.32 bits per heavy atom. The first-order valence-electron chi connectivity index (χ1n) is 7.15. The van der Waals surface area contributed by atoms with Crippen LogP contribution in [0.5, 0.6) is 0 Å². The second kappa shape index (κ2) is 5.97. The summed E-state index contributed by atoms with van der Waals surface area (Å²) in [5.41, 5.74) is 1.27. The molecule has 0 bridgehead atoms. The van der Waals surface area contributed by atoms with E-state index in [0.29, 0.717) is 11.5 Å². The van der Waals surface area contributed by atoms with E-state index in [9.17, 15) is 9.90 Å². The molecule has 3 heterocycles. The van der Waals surface area contributed by atoms with Crippen molar-refractivity contribution in [2.24, 2.45) is 7.05 Å². The number of likely N-dealkylation sites (tertiary alicyclic amines) is 1. The van der Waals surface area contributed by atoms with Crippen molar-refractivity contribution in [3.05, 3.63) is 36.0 Å². The van der Waals surface area contributed by atoms with Crippen LogP contribution in [0.2, 0.25) is 0 Å². The van der Waals surface area contributed by atoms with Gasteiger partial charge in [0.2, 0.25) is 0 Å². The maximum absolute atomic E-state index is 11.3. The van der Waals surface area contributed by atoms with Gasteiger partial charge < -0.3 is 10.0 Å². The third-order valence-corrected chi connectivity index (χ3v) is 3.60. The number of hydrogen-bond donors (Lipinski definition) is 1. The zero-order chi connectivity index (χ0) is 15.5. The van der Waals surface area contributed by atoms with Crippen LogP contribution in [0, 0.1) is 0 Å². The summed E-state index contributed by atoms with van der Waals surface area (Å²) in [5.74, 6) is -0.557. The van der Waals surface area contributed by atoms with Gasteiger partial charge >= 0.3 is 5.97 Å². The Morgan fingerprint density at radius 3 is 2.73 bits per heavy atom. The Bertz CT molecular complexity index is 716. The summed E-state index contributed by atoms with van der Waals surface area (Å²) in [4.78, 5) is 22.0. The number of carboxylic acid groups (broad SMARTS) is 1. The summed E-state index contributed by atoms with van der Waals surface area (Å²) in [6.45, 7) is 2.00. The van der Waals surface area contributed by atoms with E-state index in [1.165, 1.54) is 19.0 Å². The third-order valence-electron chi connectivity index (χ3n) is 3.60. The molecular formula is C15H17N5O2. The average molecular weight is 299 g/mol. The van der Waals surface area contributed by atoms with Gasteiger partial charge in [-0.1, -0.05) is 0 Å². The molecule has 1 N–H and O–H groups in total. The van der Waals surface area contributed by atoms with Crippen molar-refractivity contribution in [3.63, 3.8) is 0 Å². The van der Waals surface area contributed by atoms with Crippen LogP contribution in [0.25, 0.3) is 17.5 Å². The Balaban J connectivity index is 1.95. The monoisotopic (exact) mass is 299 g/mol. The smallest absolute Gasteiger partial charge is 0.339 e. The number of aromatic nitrogens is 4. The molecule has 0 aliphatic carbocycles. The van der Waals surface area contributed by atoms with Crippen molar-refractivity contribution >= 4 is 12.0 Å². The Kier molecular flexibility index (Phi) is 3.86. The normalized spacial score (nSPS) is 14.9. The fraction of sp³-hybridized carbons (Fsp3) is 0.333. The highest BCUT2D eigenvalue weighted by molar-refractivity contribution is 5.91. The summed E-state index contributed by atoms with van der Waals surface area (Å²) < 4.78 is 1.66. The van der Waals surface area contributed by atoms with Gasteiger partial charge in [0.05, 0.1) is 17.5 Å². The SMILES string of the molecule is Cn1cc(-c2ncc(C(=O)O)c(/C=C/N3CCCC3)n2)cn1. The lowest BCUT2D eigenvalue weighted by Crippen LogP contribution is -2.11. The number of aryl methyl sites for hydroxylation is 1. The second-order valence-electron chi connectivity index (χ2n) is 5.26. The molecular weight excluding hydrogens is 282 g/mol. The van der Waals surface area contributed by atoms with E-state index in [4.69, 9.17) is 0 Å². The number of carboxylic acids is 1. The van der Waals surface area contributed by atoms with E-state index in [0.717, 1.165) is 18.7 Å². The van der Waals surface area contributed by atoms with Gasteiger partial charge in [-0.2, -0.15) is 5.10 Å². The summed E-state index contributed by atoms with van der Waals surface area (Å²) in [6, 6.07) is 0. The van der Waals surface area contributed by atoms with Crippen molar-refractivity contribution < 1.29 is 9.90 Å². The summed E-state index contributed by atoms with van der Waals surface area (Å²) in [6.07, 6.45) is 10.8. The van der Waals surface area contributed by atoms with Crippen LogP contribution in [0.15, 0.2) is 24.8 Å². The maximum Gasteiger partial charge on any atom is 0.339 e. The molecule has 0 radical (unpaired) electrons. The fourth-order valence-electron chi connectivity index (χ4n) is 2.43. The molecule has 1 aliphatic rings. The van der Waals surface area contributed by atoms with Crippen molar-refractivity contribution in [3.8, 4) is 11.4 Å². The van der Waals surface area contributed by atoms with Gasteiger partial charge in [-0.3, -0.25) is 4.68 Å². The first kappa shape index (κ1) is 14.2. The van der Waals surface area contributed by atoms with Gasteiger partial charge in [-0.25, -0.2) is 14.8 Å². The molecule has 2 aromatic rings. The lowest BCUT2D eigenvalue weighted by atomic mass is 10.2. The maximum atomic E-state index is 11.3. The second-order valence-corrected chi connectivity index (χ2v) is 5.26. The van der Waals surface area contributed by atoms with E-state index < -0.39 is 5.97 Å². The highest BCUT2D eigenvalue weighted by Gasteiger charge is 2.14. The number of carbonyl (C=O) groups is 1. The number of hydrogen-bond acceptors (Lipinski definition) is 5. The topological polar surface area (TPSA) is 84.1 Å². The van der Waals surface area contributed by atoms with Crippen LogP contribution in [0.1, 0.15) is 28.9 Å². The minimum absolute atomic E-state index is 0.100. The lowest BCUT2D eigenvalue weighted by molar-refractivity contribution is 0.0695. The molecule has 0 spiro atoms. The highest BCUT2D eigenvalue weighted by Crippen LogP contribution is 2.17. The Labute approximate surface area is 127 Å². The van der Waals surface area contributed by atoms with Crippen molar-refractivity contribution in [2.45, 2.75) is 12.8 Å². The van der Waals surface area contributed by atoms with Gasteiger partial charge in [-0.15, -0.1) is 0 Å². The molecule has 3 rings (SSSR count). The first-order chi connectivity index (χ1) is 10.6. The summed E-state index contributed by atoms with van der Waals surface area (Å²) >= 11 is 0. The molecule has 0 saturated carbocycles. The van der Waals surface area contributed by atoms with Crippen LogP contribution in [0.4, 0.5) is 0 Å². The molecule has 1 fully saturated rings. The van der Waals surface area contributed by atoms with Crippen LogP contribution >= 0.6 is 0 Å². The number of aromatic carboxylic acids is 1. The van der Waals surface area contributed by atoms with Crippen molar-refractivity contribution in [2.75, 3.05) is 13.1 Å². The van der Waals surface area contributed by atoms with Crippen LogP contribution in [-0.2, 0) is 7.05 Å². The molecule has 0 unspecified atom stereocenters. The quantitative estimate of drug-likeness (QED) is 0.924. The van der Waals surface area contributed by atoms with E-state index in [-0.39, 0.29) is 5.56 Å². The van der Waals surface area contributed by atoms with Crippen LogP contribution < -0.4 is 0 Å². The van der Waals surface area contributed by atoms with Gasteiger partial charge in [-0.05, 0) is 18.9 Å². The van der Waals surface area contributed by atoms with Gasteiger partial charge in [0, 0.05) is 38.7 Å². The van der Waals surface area contributed by atoms with Crippen LogP contribution in [0.3, 0.4) is 0 Å². The highest BCUT2D eigenvalue weighted by atomic mass is 16.4. The van der Waals surface area contributed by atoms with E-state index >= 15 is 0 Å². The van der Waals surface area contributed by atoms with Crippen LogP contribution in [-0.4, -0.2) is 48.8 Å². The van der Waals surface area contributed by atoms with Crippen molar-refractivity contribution in [1.29, 1.82) is 0 Å². The molecule has 7 nitrogen and oxygen atoms in total.